The molecule has 0 aliphatic carbocycles. The Bertz CT molecular complexity index is 370. The van der Waals surface area contributed by atoms with Crippen molar-refractivity contribution in [1.82, 2.24) is 10.2 Å². The third-order valence-corrected chi connectivity index (χ3v) is 3.20. The van der Waals surface area contributed by atoms with Crippen LogP contribution in [0.25, 0.3) is 0 Å². The van der Waals surface area contributed by atoms with Crippen LogP contribution in [0, 0.1) is 0 Å². The van der Waals surface area contributed by atoms with Gasteiger partial charge in [-0.3, -0.25) is 9.89 Å². The summed E-state index contributed by atoms with van der Waals surface area (Å²) in [5.74, 6) is 0.859. The van der Waals surface area contributed by atoms with Gasteiger partial charge in [-0.2, -0.15) is 0 Å². The number of rotatable bonds is 1. The molecule has 0 aromatic carbocycles. The summed E-state index contributed by atoms with van der Waals surface area (Å²) in [7, 11) is 0. The Kier molecular flexibility index (Phi) is 4.86. The molecule has 0 aromatic heterocycles. The fourth-order valence-corrected chi connectivity index (χ4v) is 2.28. The van der Waals surface area contributed by atoms with Crippen molar-refractivity contribution in [3.63, 3.8) is 0 Å². The summed E-state index contributed by atoms with van der Waals surface area (Å²) in [5, 5.41) is 3.38. The van der Waals surface area contributed by atoms with Crippen LogP contribution in [0.4, 0.5) is 4.79 Å². The van der Waals surface area contributed by atoms with Gasteiger partial charge in [0.05, 0.1) is 25.7 Å². The highest BCUT2D eigenvalue weighted by Gasteiger charge is 2.26. The van der Waals surface area contributed by atoms with Gasteiger partial charge < -0.3 is 14.8 Å². The van der Waals surface area contributed by atoms with Gasteiger partial charge in [0.2, 0.25) is 0 Å². The molecule has 1 atom stereocenters. The van der Waals surface area contributed by atoms with Crippen molar-refractivity contribution < 1.29 is 14.3 Å². The molecule has 1 saturated heterocycles. The van der Waals surface area contributed by atoms with E-state index in [1.54, 1.807) is 4.90 Å². The molecule has 20 heavy (non-hydrogen) atoms. The van der Waals surface area contributed by atoms with E-state index in [1.807, 2.05) is 20.8 Å². The maximum Gasteiger partial charge on any atom is 0.410 e. The highest BCUT2D eigenvalue weighted by Crippen LogP contribution is 2.12. The first-order valence-electron chi connectivity index (χ1n) is 7.29. The zero-order valence-corrected chi connectivity index (χ0v) is 12.6. The van der Waals surface area contributed by atoms with Gasteiger partial charge >= 0.3 is 6.09 Å². The van der Waals surface area contributed by atoms with E-state index in [2.05, 4.69) is 10.3 Å². The van der Waals surface area contributed by atoms with Crippen LogP contribution in [0.15, 0.2) is 4.99 Å². The molecule has 1 amide bonds. The zero-order chi connectivity index (χ0) is 14.6. The lowest BCUT2D eigenvalue weighted by atomic mass is 10.1. The van der Waals surface area contributed by atoms with Crippen LogP contribution < -0.4 is 5.32 Å². The van der Waals surface area contributed by atoms with Crippen LogP contribution in [0.5, 0.6) is 0 Å². The number of ether oxygens (including phenoxy) is 2. The lowest BCUT2D eigenvalue weighted by Crippen LogP contribution is -2.50. The molecule has 0 saturated carbocycles. The highest BCUT2D eigenvalue weighted by molar-refractivity contribution is 5.88. The first-order valence-corrected chi connectivity index (χ1v) is 7.29. The number of amidine groups is 1. The van der Waals surface area contributed by atoms with Gasteiger partial charge in [-0.1, -0.05) is 0 Å². The molecule has 6 nitrogen and oxygen atoms in total. The van der Waals surface area contributed by atoms with Gasteiger partial charge in [0.1, 0.15) is 11.4 Å². The second-order valence-electron chi connectivity index (χ2n) is 6.29. The van der Waals surface area contributed by atoms with Crippen molar-refractivity contribution in [3.8, 4) is 0 Å². The van der Waals surface area contributed by atoms with Gasteiger partial charge in [0, 0.05) is 13.2 Å². The molecule has 1 N–H and O–H groups in total. The number of carbonyl (C=O) groups excluding carboxylic acids is 1. The fraction of sp³-hybridized carbons (Fsp3) is 0.857. The number of amides is 1. The van der Waals surface area contributed by atoms with E-state index < -0.39 is 5.60 Å². The van der Waals surface area contributed by atoms with Crippen molar-refractivity contribution in [3.05, 3.63) is 0 Å². The first kappa shape index (κ1) is 15.1. The molecular formula is C14H25N3O3. The SMILES string of the molecule is CC(C)(C)OC(=O)N1CCN=C(NC2CCCOC2)C1. The molecule has 0 spiro atoms. The molecule has 1 fully saturated rings. The van der Waals surface area contributed by atoms with Crippen molar-refractivity contribution in [2.75, 3.05) is 32.8 Å². The Hall–Kier alpha value is -1.30. The van der Waals surface area contributed by atoms with E-state index in [0.29, 0.717) is 32.3 Å². The summed E-state index contributed by atoms with van der Waals surface area (Å²) in [5.41, 5.74) is -0.462. The molecule has 1 unspecified atom stereocenters. The second kappa shape index (κ2) is 6.43. The van der Waals surface area contributed by atoms with Gasteiger partial charge in [-0.25, -0.2) is 4.79 Å². The average Bonchev–Trinajstić information content (AvgIpc) is 2.38. The molecule has 6 heteroatoms. The monoisotopic (exact) mass is 283 g/mol. The molecule has 2 rings (SSSR count). The predicted octanol–water partition coefficient (Wildman–Crippen LogP) is 1.40. The molecule has 0 bridgehead atoms. The Balaban J connectivity index is 1.84. The molecule has 2 aliphatic heterocycles. The first-order chi connectivity index (χ1) is 9.44. The van der Waals surface area contributed by atoms with Crippen molar-refractivity contribution in [1.29, 1.82) is 0 Å². The highest BCUT2D eigenvalue weighted by atomic mass is 16.6. The largest absolute Gasteiger partial charge is 0.444 e. The van der Waals surface area contributed by atoms with Crippen LogP contribution in [0.1, 0.15) is 33.6 Å². The van der Waals surface area contributed by atoms with Crippen LogP contribution in [0.3, 0.4) is 0 Å². The lowest BCUT2D eigenvalue weighted by molar-refractivity contribution is 0.0274. The van der Waals surface area contributed by atoms with Gasteiger partial charge in [-0.05, 0) is 33.6 Å². The standard InChI is InChI=1S/C14H25N3O3/c1-14(2,3)20-13(18)17-7-6-15-12(9-17)16-11-5-4-8-19-10-11/h11H,4-10H2,1-3H3,(H,15,16). The number of nitrogens with one attached hydrogen (secondary N) is 1. The molecule has 2 heterocycles. The molecule has 114 valence electrons. The van der Waals surface area contributed by atoms with E-state index in [0.717, 1.165) is 25.3 Å². The van der Waals surface area contributed by atoms with E-state index in [4.69, 9.17) is 9.47 Å². The maximum absolute atomic E-state index is 12.0. The number of aliphatic imine (C=N–C) groups is 1. The lowest BCUT2D eigenvalue weighted by Gasteiger charge is -2.32. The average molecular weight is 283 g/mol. The molecule has 2 aliphatic rings. The van der Waals surface area contributed by atoms with Crippen LogP contribution >= 0.6 is 0 Å². The maximum atomic E-state index is 12.0. The number of carbonyl (C=O) groups is 1. The third kappa shape index (κ3) is 4.67. The van der Waals surface area contributed by atoms with Gasteiger partial charge in [-0.15, -0.1) is 0 Å². The van der Waals surface area contributed by atoms with Crippen molar-refractivity contribution >= 4 is 11.9 Å². The second-order valence-corrected chi connectivity index (χ2v) is 6.29. The molecule has 0 radical (unpaired) electrons. The minimum atomic E-state index is -0.462. The molecule has 0 aromatic rings. The summed E-state index contributed by atoms with van der Waals surface area (Å²) in [6.45, 7) is 8.91. The molecular weight excluding hydrogens is 258 g/mol. The summed E-state index contributed by atoms with van der Waals surface area (Å²) in [6.07, 6.45) is 1.89. The van der Waals surface area contributed by atoms with E-state index in [9.17, 15) is 4.79 Å². The topological polar surface area (TPSA) is 63.2 Å². The third-order valence-electron chi connectivity index (χ3n) is 3.20. The Morgan fingerprint density at radius 1 is 1.50 bits per heavy atom. The van der Waals surface area contributed by atoms with Crippen molar-refractivity contribution in [2.45, 2.75) is 45.3 Å². The van der Waals surface area contributed by atoms with Gasteiger partial charge in [0.15, 0.2) is 0 Å². The Morgan fingerprint density at radius 2 is 2.30 bits per heavy atom. The smallest absolute Gasteiger partial charge is 0.410 e. The van der Waals surface area contributed by atoms with Crippen molar-refractivity contribution in [2.24, 2.45) is 4.99 Å². The Morgan fingerprint density at radius 3 is 2.95 bits per heavy atom. The summed E-state index contributed by atoms with van der Waals surface area (Å²) >= 11 is 0. The fourth-order valence-electron chi connectivity index (χ4n) is 2.28. The van der Waals surface area contributed by atoms with E-state index in [1.165, 1.54) is 0 Å². The summed E-state index contributed by atoms with van der Waals surface area (Å²) < 4.78 is 10.8. The quantitative estimate of drug-likeness (QED) is 0.790. The summed E-state index contributed by atoms with van der Waals surface area (Å²) in [6, 6.07) is 0.307. The van der Waals surface area contributed by atoms with Crippen LogP contribution in [-0.4, -0.2) is 61.3 Å². The Labute approximate surface area is 120 Å². The normalized spacial score (nSPS) is 24.1. The van der Waals surface area contributed by atoms with Gasteiger partial charge in [0.25, 0.3) is 0 Å². The zero-order valence-electron chi connectivity index (χ0n) is 12.6. The van der Waals surface area contributed by atoms with E-state index >= 15 is 0 Å². The van der Waals surface area contributed by atoms with Crippen LogP contribution in [0.2, 0.25) is 0 Å². The van der Waals surface area contributed by atoms with E-state index in [-0.39, 0.29) is 6.09 Å². The number of hydrogen-bond acceptors (Lipinski definition) is 5. The number of nitrogens with zero attached hydrogens (tertiary/aromatic N) is 2. The minimum absolute atomic E-state index is 0.272. The number of hydrogen-bond donors (Lipinski definition) is 1. The minimum Gasteiger partial charge on any atom is -0.444 e. The predicted molar refractivity (Wildman–Crippen MR) is 77.1 cm³/mol. The summed E-state index contributed by atoms with van der Waals surface area (Å²) in [4.78, 5) is 18.2. The van der Waals surface area contributed by atoms with Crippen LogP contribution in [-0.2, 0) is 9.47 Å².